The van der Waals surface area contributed by atoms with Gasteiger partial charge in [0.2, 0.25) is 5.82 Å². The molecule has 0 saturated carbocycles. The summed E-state index contributed by atoms with van der Waals surface area (Å²) in [7, 11) is 1.97. The summed E-state index contributed by atoms with van der Waals surface area (Å²) in [5, 5.41) is 0.0283. The van der Waals surface area contributed by atoms with Crippen molar-refractivity contribution in [3.05, 3.63) is 52.3 Å². The molecule has 0 heterocycles. The van der Waals surface area contributed by atoms with E-state index in [9.17, 15) is 18.0 Å². The molecule has 0 aliphatic carbocycles. The molecular weight excluding hydrogens is 412 g/mol. The average molecular weight is 437 g/mol. The second-order valence-corrected chi connectivity index (χ2v) is 6.14. The Kier molecular flexibility index (Phi) is 11.8. The van der Waals surface area contributed by atoms with E-state index in [1.54, 1.807) is 0 Å². The van der Waals surface area contributed by atoms with Gasteiger partial charge in [-0.1, -0.05) is 39.3 Å². The third-order valence-corrected chi connectivity index (χ3v) is 3.60. The Morgan fingerprint density at radius 3 is 2.11 bits per heavy atom. The third-order valence-electron chi connectivity index (χ3n) is 2.87. The van der Waals surface area contributed by atoms with E-state index >= 15 is 0 Å². The molecule has 0 bridgehead atoms. The van der Waals surface area contributed by atoms with E-state index in [2.05, 4.69) is 0 Å². The number of halogens is 4. The molecule has 2 rings (SSSR count). The van der Waals surface area contributed by atoms with Gasteiger partial charge in [0.25, 0.3) is 0 Å². The van der Waals surface area contributed by atoms with E-state index in [1.165, 1.54) is 18.2 Å². The molecule has 8 heteroatoms. The van der Waals surface area contributed by atoms with Crippen LogP contribution in [-0.2, 0) is 0 Å². The van der Waals surface area contributed by atoms with Crippen LogP contribution in [0.5, 0.6) is 11.5 Å². The highest BCUT2D eigenvalue weighted by molar-refractivity contribution is 7.27. The molecule has 0 amide bonds. The Morgan fingerprint density at radius 1 is 1.04 bits per heavy atom. The monoisotopic (exact) mass is 436 g/mol. The van der Waals surface area contributed by atoms with E-state index in [-0.39, 0.29) is 22.0 Å². The quantitative estimate of drug-likeness (QED) is 0.243. The Balaban J connectivity index is 0.00000171. The van der Waals surface area contributed by atoms with E-state index in [4.69, 9.17) is 21.1 Å². The maximum atomic E-state index is 13.7. The summed E-state index contributed by atoms with van der Waals surface area (Å²) >= 11 is 6.01. The van der Waals surface area contributed by atoms with Crippen LogP contribution in [0.25, 0.3) is 0 Å². The van der Waals surface area contributed by atoms with Crippen molar-refractivity contribution in [3.63, 3.8) is 0 Å². The molecule has 0 radical (unpaired) electrons. The number of hydrogen-bond donors (Lipinski definition) is 0. The average Bonchev–Trinajstić information content (AvgIpc) is 2.67. The number of ether oxygens (including phenoxy) is 2. The maximum Gasteiger partial charge on any atom is 0.343 e. The summed E-state index contributed by atoms with van der Waals surface area (Å²) in [6, 6.07) is 4.81. The summed E-state index contributed by atoms with van der Waals surface area (Å²) in [6.45, 7) is 11.6. The molecule has 1 unspecified atom stereocenters. The van der Waals surface area contributed by atoms with Gasteiger partial charge in [0, 0.05) is 5.30 Å². The van der Waals surface area contributed by atoms with Gasteiger partial charge in [-0.2, -0.15) is 4.39 Å². The second-order valence-electron chi connectivity index (χ2n) is 5.11. The fourth-order valence-electron chi connectivity index (χ4n) is 1.83. The Labute approximate surface area is 171 Å². The van der Waals surface area contributed by atoms with E-state index in [0.29, 0.717) is 11.8 Å². The predicted octanol–water partition coefficient (Wildman–Crippen LogP) is 6.32. The van der Waals surface area contributed by atoms with Gasteiger partial charge in [-0.25, -0.2) is 13.6 Å². The maximum absolute atomic E-state index is 13.7. The van der Waals surface area contributed by atoms with Crippen LogP contribution in [0.3, 0.4) is 0 Å². The van der Waals surface area contributed by atoms with Crippen LogP contribution in [0.1, 0.15) is 51.9 Å². The smallest absolute Gasteiger partial charge is 0.343 e. The minimum absolute atomic E-state index is 0.00430. The van der Waals surface area contributed by atoms with Crippen LogP contribution in [0, 0.1) is 17.5 Å². The number of benzene rings is 2. The lowest BCUT2D eigenvalue weighted by atomic mass is 10.2. The number of carbonyl (C=O) groups excluding carboxylic acids is 1. The number of carbonyl (C=O) groups is 1. The molecule has 2 aromatic carbocycles. The Hall–Kier alpha value is -1.78. The van der Waals surface area contributed by atoms with Crippen LogP contribution in [0.2, 0.25) is 5.02 Å². The van der Waals surface area contributed by atoms with E-state index in [1.807, 2.05) is 50.8 Å². The highest BCUT2D eigenvalue weighted by atomic mass is 35.5. The molecule has 1 atom stereocenters. The summed E-state index contributed by atoms with van der Waals surface area (Å²) in [4.78, 5) is 12.1. The fourth-order valence-corrected chi connectivity index (χ4v) is 2.39. The number of hydrogen-bond acceptors (Lipinski definition) is 3. The van der Waals surface area contributed by atoms with Crippen molar-refractivity contribution in [1.82, 2.24) is 0 Å². The third kappa shape index (κ3) is 6.99. The Morgan fingerprint density at radius 2 is 1.61 bits per heavy atom. The van der Waals surface area contributed by atoms with Crippen molar-refractivity contribution >= 4 is 32.1 Å². The van der Waals surface area contributed by atoms with Crippen molar-refractivity contribution in [2.45, 2.75) is 47.6 Å². The van der Waals surface area contributed by atoms with Crippen molar-refractivity contribution < 1.29 is 27.4 Å². The molecular formula is C20H25ClF3O3P. The van der Waals surface area contributed by atoms with Crippen LogP contribution >= 0.6 is 20.8 Å². The summed E-state index contributed by atoms with van der Waals surface area (Å²) < 4.78 is 50.4. The van der Waals surface area contributed by atoms with Crippen LogP contribution in [0.15, 0.2) is 24.3 Å². The minimum Gasteiger partial charge on any atom is -0.489 e. The first-order valence-corrected chi connectivity index (χ1v) is 9.77. The standard InChI is InChI=1S/C16H13ClF3O3P.2C2H6/c1-7(2)22-11-4-3-8(5-9(11)17)16(21)23-15-12(24)6-10(18)13(19)14(15)20;2*1-2/h3-7H,24H2,1-2H3;2*1-2H3. The normalized spacial score (nSPS) is 9.71. The van der Waals surface area contributed by atoms with Gasteiger partial charge in [-0.05, 0) is 38.1 Å². The molecule has 156 valence electrons. The van der Waals surface area contributed by atoms with E-state index < -0.39 is 29.2 Å². The highest BCUT2D eigenvalue weighted by Gasteiger charge is 2.21. The van der Waals surface area contributed by atoms with Gasteiger partial charge in [0.1, 0.15) is 5.75 Å². The van der Waals surface area contributed by atoms with Crippen molar-refractivity contribution in [3.8, 4) is 11.5 Å². The highest BCUT2D eigenvalue weighted by Crippen LogP contribution is 2.28. The molecule has 3 nitrogen and oxygen atoms in total. The van der Waals surface area contributed by atoms with E-state index in [0.717, 1.165) is 0 Å². The van der Waals surface area contributed by atoms with Crippen molar-refractivity contribution in [2.24, 2.45) is 0 Å². The molecule has 0 spiro atoms. The number of esters is 1. The lowest BCUT2D eigenvalue weighted by Crippen LogP contribution is -2.16. The minimum atomic E-state index is -1.72. The zero-order valence-electron chi connectivity index (χ0n) is 16.7. The van der Waals surface area contributed by atoms with Gasteiger partial charge >= 0.3 is 5.97 Å². The first-order chi connectivity index (χ1) is 13.2. The van der Waals surface area contributed by atoms with Gasteiger partial charge in [-0.3, -0.25) is 0 Å². The van der Waals surface area contributed by atoms with Gasteiger partial charge in [0.15, 0.2) is 17.4 Å². The molecule has 28 heavy (non-hydrogen) atoms. The lowest BCUT2D eigenvalue weighted by molar-refractivity contribution is 0.0728. The molecule has 0 aliphatic rings. The molecule has 0 N–H and O–H groups in total. The topological polar surface area (TPSA) is 35.5 Å². The second kappa shape index (κ2) is 12.6. The predicted molar refractivity (Wildman–Crippen MR) is 111 cm³/mol. The molecule has 2 aromatic rings. The van der Waals surface area contributed by atoms with Gasteiger partial charge < -0.3 is 9.47 Å². The Bertz CT molecular complexity index is 799. The molecule has 0 saturated heterocycles. The zero-order chi connectivity index (χ0) is 22.0. The summed E-state index contributed by atoms with van der Waals surface area (Å²) in [6.07, 6.45) is -0.115. The van der Waals surface area contributed by atoms with Crippen LogP contribution in [0.4, 0.5) is 13.2 Å². The first-order valence-electron chi connectivity index (χ1n) is 8.82. The first kappa shape index (κ1) is 26.2. The van der Waals surface area contributed by atoms with Crippen LogP contribution in [-0.4, -0.2) is 12.1 Å². The largest absolute Gasteiger partial charge is 0.489 e. The number of rotatable bonds is 4. The lowest BCUT2D eigenvalue weighted by Gasteiger charge is -2.13. The van der Waals surface area contributed by atoms with Crippen LogP contribution < -0.4 is 14.8 Å². The molecule has 0 fully saturated rings. The zero-order valence-corrected chi connectivity index (χ0v) is 18.6. The molecule has 0 aliphatic heterocycles. The fraction of sp³-hybridized carbons (Fsp3) is 0.350. The van der Waals surface area contributed by atoms with Crippen molar-refractivity contribution in [2.75, 3.05) is 0 Å². The van der Waals surface area contributed by atoms with Crippen molar-refractivity contribution in [1.29, 1.82) is 0 Å². The van der Waals surface area contributed by atoms with Gasteiger partial charge in [0.05, 0.1) is 16.7 Å². The van der Waals surface area contributed by atoms with Gasteiger partial charge in [-0.15, -0.1) is 9.24 Å². The summed E-state index contributed by atoms with van der Waals surface area (Å²) in [5.41, 5.74) is 0.00430. The molecule has 0 aromatic heterocycles. The SMILES string of the molecule is CC.CC.CC(C)Oc1ccc(C(=O)Oc2c(P)cc(F)c(F)c2F)cc1Cl. The summed E-state index contributed by atoms with van der Waals surface area (Å²) in [5.74, 6) is -5.99.